The van der Waals surface area contributed by atoms with E-state index in [1.54, 1.807) is 0 Å². The van der Waals surface area contributed by atoms with Gasteiger partial charge in [0.1, 0.15) is 0 Å². The highest BCUT2D eigenvalue weighted by atomic mass is 16.1. The minimum absolute atomic E-state index is 0.0721. The maximum Gasteiger partial charge on any atom is 0.272 e. The fourth-order valence-electron chi connectivity index (χ4n) is 3.44. The fraction of sp³-hybridized carbons (Fsp3) is 0.400. The van der Waals surface area contributed by atoms with Gasteiger partial charge in [-0.25, -0.2) is 0 Å². The van der Waals surface area contributed by atoms with E-state index in [1.807, 2.05) is 36.0 Å². The number of fused-ring (bicyclic) bond motifs is 1. The molecule has 1 unspecified atom stereocenters. The van der Waals surface area contributed by atoms with Gasteiger partial charge in [0.05, 0.1) is 0 Å². The van der Waals surface area contributed by atoms with Crippen molar-refractivity contribution >= 4 is 5.91 Å². The fourth-order valence-corrected chi connectivity index (χ4v) is 3.44. The van der Waals surface area contributed by atoms with E-state index in [4.69, 9.17) is 0 Å². The van der Waals surface area contributed by atoms with Crippen LogP contribution in [0.1, 0.15) is 33.7 Å². The molecule has 132 valence electrons. The molecule has 2 N–H and O–H groups in total. The van der Waals surface area contributed by atoms with Crippen molar-refractivity contribution in [2.75, 3.05) is 13.1 Å². The highest BCUT2D eigenvalue weighted by Gasteiger charge is 2.27. The van der Waals surface area contributed by atoms with Crippen LogP contribution in [0.2, 0.25) is 0 Å². The molecule has 2 aromatic rings. The molecule has 5 heteroatoms. The molecule has 25 heavy (non-hydrogen) atoms. The predicted octanol–water partition coefficient (Wildman–Crippen LogP) is 2.03. The van der Waals surface area contributed by atoms with Crippen molar-refractivity contribution in [2.24, 2.45) is 7.05 Å². The SMILES string of the molecule is C=CCNC1CCc2c(c(C(=O)NCCc3ccccc3)nn2C)C1. The Labute approximate surface area is 149 Å². The lowest BCUT2D eigenvalue weighted by Gasteiger charge is -2.23. The van der Waals surface area contributed by atoms with Gasteiger partial charge in [-0.3, -0.25) is 9.48 Å². The standard InChI is InChI=1S/C20H26N4O/c1-3-12-21-16-9-10-18-17(14-16)19(23-24(18)2)20(25)22-13-11-15-7-5-4-6-8-15/h3-8,16,21H,1,9-14H2,2H3,(H,22,25). The van der Waals surface area contributed by atoms with Crippen molar-refractivity contribution < 1.29 is 4.79 Å². The molecule has 3 rings (SSSR count). The molecule has 0 fully saturated rings. The minimum Gasteiger partial charge on any atom is -0.350 e. The molecule has 0 spiro atoms. The van der Waals surface area contributed by atoms with Gasteiger partial charge in [0, 0.05) is 37.4 Å². The van der Waals surface area contributed by atoms with E-state index in [9.17, 15) is 4.79 Å². The van der Waals surface area contributed by atoms with Crippen molar-refractivity contribution in [2.45, 2.75) is 31.7 Å². The number of aromatic nitrogens is 2. The molecular formula is C20H26N4O. The van der Waals surface area contributed by atoms with Gasteiger partial charge in [0.25, 0.3) is 5.91 Å². The maximum atomic E-state index is 12.6. The lowest BCUT2D eigenvalue weighted by molar-refractivity contribution is 0.0947. The number of nitrogens with zero attached hydrogens (tertiary/aromatic N) is 2. The summed E-state index contributed by atoms with van der Waals surface area (Å²) in [6, 6.07) is 10.6. The normalized spacial score (nSPS) is 16.3. The average Bonchev–Trinajstić information content (AvgIpc) is 2.97. The van der Waals surface area contributed by atoms with Gasteiger partial charge in [-0.15, -0.1) is 6.58 Å². The molecule has 0 saturated carbocycles. The van der Waals surface area contributed by atoms with Crippen LogP contribution in [-0.2, 0) is 26.3 Å². The Balaban J connectivity index is 1.64. The molecule has 0 bridgehead atoms. The number of nitrogens with one attached hydrogen (secondary N) is 2. The Morgan fingerprint density at radius 1 is 1.40 bits per heavy atom. The molecule has 1 aromatic carbocycles. The molecule has 1 heterocycles. The second kappa shape index (κ2) is 8.12. The Hall–Kier alpha value is -2.40. The highest BCUT2D eigenvalue weighted by Crippen LogP contribution is 2.24. The number of hydrogen-bond acceptors (Lipinski definition) is 3. The quantitative estimate of drug-likeness (QED) is 0.760. The van der Waals surface area contributed by atoms with E-state index in [0.29, 0.717) is 18.3 Å². The topological polar surface area (TPSA) is 59.0 Å². The molecule has 5 nitrogen and oxygen atoms in total. The van der Waals surface area contributed by atoms with Gasteiger partial charge >= 0.3 is 0 Å². The Bertz CT molecular complexity index is 736. The minimum atomic E-state index is -0.0721. The summed E-state index contributed by atoms with van der Waals surface area (Å²) in [5.74, 6) is -0.0721. The van der Waals surface area contributed by atoms with Gasteiger partial charge < -0.3 is 10.6 Å². The summed E-state index contributed by atoms with van der Waals surface area (Å²) in [5.41, 5.74) is 4.08. The molecular weight excluding hydrogens is 312 g/mol. The van der Waals surface area contributed by atoms with Gasteiger partial charge in [-0.2, -0.15) is 5.10 Å². The maximum absolute atomic E-state index is 12.6. The zero-order valence-electron chi connectivity index (χ0n) is 14.8. The number of carbonyl (C=O) groups excluding carboxylic acids is 1. The summed E-state index contributed by atoms with van der Waals surface area (Å²) in [5, 5.41) is 11.0. The summed E-state index contributed by atoms with van der Waals surface area (Å²) < 4.78 is 1.87. The molecule has 0 aliphatic heterocycles. The first-order valence-corrected chi connectivity index (χ1v) is 8.90. The van der Waals surface area contributed by atoms with Crippen LogP contribution in [0, 0.1) is 0 Å². The highest BCUT2D eigenvalue weighted by molar-refractivity contribution is 5.94. The van der Waals surface area contributed by atoms with E-state index in [-0.39, 0.29) is 5.91 Å². The van der Waals surface area contributed by atoms with Gasteiger partial charge in [0.2, 0.25) is 0 Å². The molecule has 0 saturated heterocycles. The summed E-state index contributed by atoms with van der Waals surface area (Å²) in [4.78, 5) is 12.6. The van der Waals surface area contributed by atoms with Crippen LogP contribution in [0.25, 0.3) is 0 Å². The Morgan fingerprint density at radius 2 is 2.20 bits per heavy atom. The molecule has 1 aromatic heterocycles. The van der Waals surface area contributed by atoms with Gasteiger partial charge in [-0.1, -0.05) is 36.4 Å². The van der Waals surface area contributed by atoms with Crippen molar-refractivity contribution in [3.05, 3.63) is 65.5 Å². The number of aryl methyl sites for hydroxylation is 1. The van der Waals surface area contributed by atoms with E-state index in [1.165, 1.54) is 11.3 Å². The van der Waals surface area contributed by atoms with E-state index < -0.39 is 0 Å². The first kappa shape index (κ1) is 17.4. The Morgan fingerprint density at radius 3 is 2.96 bits per heavy atom. The smallest absolute Gasteiger partial charge is 0.272 e. The van der Waals surface area contributed by atoms with Crippen LogP contribution in [0.4, 0.5) is 0 Å². The van der Waals surface area contributed by atoms with Crippen LogP contribution in [-0.4, -0.2) is 34.8 Å². The van der Waals surface area contributed by atoms with Crippen molar-refractivity contribution in [3.63, 3.8) is 0 Å². The summed E-state index contributed by atoms with van der Waals surface area (Å²) in [7, 11) is 1.93. The van der Waals surface area contributed by atoms with Gasteiger partial charge in [0.15, 0.2) is 5.69 Å². The zero-order valence-corrected chi connectivity index (χ0v) is 14.8. The number of benzene rings is 1. The lowest BCUT2D eigenvalue weighted by atomic mass is 9.91. The molecule has 0 radical (unpaired) electrons. The van der Waals surface area contributed by atoms with Crippen molar-refractivity contribution in [3.8, 4) is 0 Å². The molecule has 1 amide bonds. The monoisotopic (exact) mass is 338 g/mol. The largest absolute Gasteiger partial charge is 0.350 e. The predicted molar refractivity (Wildman–Crippen MR) is 99.7 cm³/mol. The number of rotatable bonds is 7. The van der Waals surface area contributed by atoms with Crippen LogP contribution < -0.4 is 10.6 Å². The second-order valence-electron chi connectivity index (χ2n) is 6.53. The number of amides is 1. The average molecular weight is 338 g/mol. The number of hydrogen-bond donors (Lipinski definition) is 2. The third-order valence-corrected chi connectivity index (χ3v) is 4.76. The van der Waals surface area contributed by atoms with Crippen LogP contribution in [0.3, 0.4) is 0 Å². The van der Waals surface area contributed by atoms with Crippen LogP contribution in [0.5, 0.6) is 0 Å². The lowest BCUT2D eigenvalue weighted by Crippen LogP contribution is -2.35. The van der Waals surface area contributed by atoms with Crippen molar-refractivity contribution in [1.82, 2.24) is 20.4 Å². The third kappa shape index (κ3) is 4.17. The van der Waals surface area contributed by atoms with E-state index in [2.05, 4.69) is 34.4 Å². The van der Waals surface area contributed by atoms with E-state index >= 15 is 0 Å². The van der Waals surface area contributed by atoms with Gasteiger partial charge in [-0.05, 0) is 31.2 Å². The number of carbonyl (C=O) groups is 1. The molecule has 1 aliphatic rings. The summed E-state index contributed by atoms with van der Waals surface area (Å²) >= 11 is 0. The van der Waals surface area contributed by atoms with E-state index in [0.717, 1.165) is 37.8 Å². The first-order chi connectivity index (χ1) is 12.2. The first-order valence-electron chi connectivity index (χ1n) is 8.90. The summed E-state index contributed by atoms with van der Waals surface area (Å²) in [6.07, 6.45) is 5.56. The molecule has 1 aliphatic carbocycles. The zero-order chi connectivity index (χ0) is 17.6. The second-order valence-corrected chi connectivity index (χ2v) is 6.53. The van der Waals surface area contributed by atoms with Crippen molar-refractivity contribution in [1.29, 1.82) is 0 Å². The van der Waals surface area contributed by atoms with Crippen LogP contribution in [0.15, 0.2) is 43.0 Å². The summed E-state index contributed by atoms with van der Waals surface area (Å²) in [6.45, 7) is 5.16. The van der Waals surface area contributed by atoms with Crippen LogP contribution >= 0.6 is 0 Å². The molecule has 1 atom stereocenters. The Kier molecular flexibility index (Phi) is 5.66. The third-order valence-electron chi connectivity index (χ3n) is 4.76.